The smallest absolute Gasteiger partial charge is 0.264 e. The van der Waals surface area contributed by atoms with E-state index in [2.05, 4.69) is 5.32 Å². The summed E-state index contributed by atoms with van der Waals surface area (Å²) in [5, 5.41) is 2.96. The number of hydrogen-bond acceptors (Lipinski definition) is 3. The molecule has 0 aliphatic rings. The molecule has 1 N–H and O–H groups in total. The third kappa shape index (κ3) is 5.79. The molecule has 0 unspecified atom stereocenters. The molecule has 0 fully saturated rings. The van der Waals surface area contributed by atoms with Crippen LogP contribution in [0.2, 0.25) is 0 Å². The highest BCUT2D eigenvalue weighted by Gasteiger charge is 2.29. The Balaban J connectivity index is 2.39. The van der Waals surface area contributed by atoms with Crippen molar-refractivity contribution in [1.82, 2.24) is 5.32 Å². The second-order valence-electron chi connectivity index (χ2n) is 7.88. The van der Waals surface area contributed by atoms with Crippen LogP contribution < -0.4 is 9.62 Å². The van der Waals surface area contributed by atoms with Gasteiger partial charge in [-0.25, -0.2) is 12.8 Å². The van der Waals surface area contributed by atoms with Crippen LogP contribution in [0.4, 0.5) is 10.1 Å². The number of amides is 1. The van der Waals surface area contributed by atoms with Gasteiger partial charge in [0.2, 0.25) is 5.91 Å². The average molecular weight is 421 g/mol. The van der Waals surface area contributed by atoms with Gasteiger partial charge in [-0.05, 0) is 55.2 Å². The van der Waals surface area contributed by atoms with E-state index in [1.807, 2.05) is 34.6 Å². The summed E-state index contributed by atoms with van der Waals surface area (Å²) in [5.41, 5.74) is 1.35. The molecule has 0 spiro atoms. The predicted molar refractivity (Wildman–Crippen MR) is 114 cm³/mol. The quantitative estimate of drug-likeness (QED) is 0.698. The minimum Gasteiger partial charge on any atom is -0.351 e. The topological polar surface area (TPSA) is 66.5 Å². The summed E-state index contributed by atoms with van der Waals surface area (Å²) in [6.07, 6.45) is 0. The maximum atomic E-state index is 13.3. The summed E-state index contributed by atoms with van der Waals surface area (Å²) < 4.78 is 40.8. The van der Waals surface area contributed by atoms with Crippen molar-refractivity contribution in [3.63, 3.8) is 0 Å². The van der Waals surface area contributed by atoms with Crippen LogP contribution in [-0.4, -0.2) is 26.9 Å². The minimum absolute atomic E-state index is 0.0726. The van der Waals surface area contributed by atoms with Gasteiger partial charge in [0.05, 0.1) is 10.6 Å². The molecule has 2 aromatic carbocycles. The van der Waals surface area contributed by atoms with Crippen LogP contribution in [0.15, 0.2) is 53.4 Å². The number of aryl methyl sites for hydroxylation is 1. The molecule has 0 aliphatic carbocycles. The Morgan fingerprint density at radius 3 is 1.97 bits per heavy atom. The van der Waals surface area contributed by atoms with Crippen molar-refractivity contribution in [3.05, 3.63) is 59.9 Å². The lowest BCUT2D eigenvalue weighted by molar-refractivity contribution is -0.121. The van der Waals surface area contributed by atoms with E-state index in [4.69, 9.17) is 0 Å². The van der Waals surface area contributed by atoms with Gasteiger partial charge in [-0.15, -0.1) is 0 Å². The number of sulfonamides is 1. The first-order valence-corrected chi connectivity index (χ1v) is 11.1. The Hall–Kier alpha value is -2.41. The van der Waals surface area contributed by atoms with E-state index in [1.165, 1.54) is 12.1 Å². The van der Waals surface area contributed by atoms with Crippen LogP contribution in [-0.2, 0) is 14.8 Å². The first-order valence-electron chi connectivity index (χ1n) is 9.66. The summed E-state index contributed by atoms with van der Waals surface area (Å²) in [6.45, 7) is 9.58. The molecular weight excluding hydrogens is 391 g/mol. The zero-order valence-corrected chi connectivity index (χ0v) is 18.3. The van der Waals surface area contributed by atoms with Gasteiger partial charge in [0.15, 0.2) is 0 Å². The summed E-state index contributed by atoms with van der Waals surface area (Å²) in [5.74, 6) is -0.495. The maximum Gasteiger partial charge on any atom is 0.264 e. The van der Waals surface area contributed by atoms with Gasteiger partial charge in [0.25, 0.3) is 10.0 Å². The maximum absolute atomic E-state index is 13.3. The fraction of sp³-hybridized carbons (Fsp3) is 0.409. The Bertz CT molecular complexity index is 916. The molecule has 2 aromatic rings. The Morgan fingerprint density at radius 1 is 0.966 bits per heavy atom. The molecule has 158 valence electrons. The Labute approximate surface area is 173 Å². The molecule has 0 saturated carbocycles. The van der Waals surface area contributed by atoms with Crippen molar-refractivity contribution in [2.24, 2.45) is 11.8 Å². The number of rotatable bonds is 8. The van der Waals surface area contributed by atoms with Crippen molar-refractivity contribution in [3.8, 4) is 0 Å². The lowest BCUT2D eigenvalue weighted by atomic mass is 9.93. The number of carbonyl (C=O) groups is 1. The molecule has 2 rings (SSSR count). The van der Waals surface area contributed by atoms with Crippen molar-refractivity contribution in [2.75, 3.05) is 10.8 Å². The molecule has 5 nitrogen and oxygen atoms in total. The molecule has 0 atom stereocenters. The standard InChI is InChI=1S/C22H29FN2O3S/c1-15(2)22(16(3)4)24-21(26)14-25(19-10-6-17(5)7-11-19)29(27,28)20-12-8-18(23)9-13-20/h6-13,15-16,22H,14H2,1-5H3,(H,24,26). The van der Waals surface area contributed by atoms with E-state index in [0.29, 0.717) is 5.69 Å². The molecule has 0 aromatic heterocycles. The van der Waals surface area contributed by atoms with Crippen LogP contribution in [0.5, 0.6) is 0 Å². The molecule has 0 aliphatic heterocycles. The molecule has 7 heteroatoms. The normalized spacial score (nSPS) is 11.9. The fourth-order valence-corrected chi connectivity index (χ4v) is 4.65. The molecule has 29 heavy (non-hydrogen) atoms. The molecule has 1 amide bonds. The van der Waals surface area contributed by atoms with E-state index in [9.17, 15) is 17.6 Å². The van der Waals surface area contributed by atoms with Gasteiger partial charge in [0, 0.05) is 6.04 Å². The number of nitrogens with zero attached hydrogens (tertiary/aromatic N) is 1. The number of halogens is 1. The monoisotopic (exact) mass is 420 g/mol. The van der Waals surface area contributed by atoms with Gasteiger partial charge in [-0.2, -0.15) is 0 Å². The summed E-state index contributed by atoms with van der Waals surface area (Å²) >= 11 is 0. The Morgan fingerprint density at radius 2 is 1.48 bits per heavy atom. The van der Waals surface area contributed by atoms with Crippen LogP contribution >= 0.6 is 0 Å². The average Bonchev–Trinajstić information content (AvgIpc) is 2.65. The van der Waals surface area contributed by atoms with E-state index in [0.717, 1.165) is 22.0 Å². The van der Waals surface area contributed by atoms with Gasteiger partial charge in [-0.1, -0.05) is 45.4 Å². The second kappa shape index (κ2) is 9.39. The summed E-state index contributed by atoms with van der Waals surface area (Å²) in [6, 6.07) is 11.4. The third-order valence-electron chi connectivity index (χ3n) is 4.77. The minimum atomic E-state index is -4.05. The summed E-state index contributed by atoms with van der Waals surface area (Å²) in [4.78, 5) is 12.7. The van der Waals surface area contributed by atoms with Gasteiger partial charge in [-0.3, -0.25) is 9.10 Å². The number of benzene rings is 2. The van der Waals surface area contributed by atoms with Crippen molar-refractivity contribution in [2.45, 2.75) is 45.6 Å². The van der Waals surface area contributed by atoms with Crippen molar-refractivity contribution >= 4 is 21.6 Å². The van der Waals surface area contributed by atoms with E-state index < -0.39 is 15.8 Å². The van der Waals surface area contributed by atoms with E-state index >= 15 is 0 Å². The first-order chi connectivity index (χ1) is 13.5. The fourth-order valence-electron chi connectivity index (χ4n) is 3.22. The number of nitrogens with one attached hydrogen (secondary N) is 1. The largest absolute Gasteiger partial charge is 0.351 e. The lowest BCUT2D eigenvalue weighted by Gasteiger charge is -2.29. The number of carbonyl (C=O) groups excluding carboxylic acids is 1. The molecule has 0 bridgehead atoms. The van der Waals surface area contributed by atoms with Crippen LogP contribution in [0.3, 0.4) is 0 Å². The molecule has 0 heterocycles. The molecule has 0 radical (unpaired) electrons. The first kappa shape index (κ1) is 22.9. The van der Waals surface area contributed by atoms with Gasteiger partial charge in [0.1, 0.15) is 12.4 Å². The highest BCUT2D eigenvalue weighted by molar-refractivity contribution is 7.92. The number of hydrogen-bond donors (Lipinski definition) is 1. The van der Waals surface area contributed by atoms with Crippen LogP contribution in [0.25, 0.3) is 0 Å². The van der Waals surface area contributed by atoms with Crippen molar-refractivity contribution in [1.29, 1.82) is 0 Å². The van der Waals surface area contributed by atoms with E-state index in [-0.39, 0.29) is 35.2 Å². The van der Waals surface area contributed by atoms with Gasteiger partial charge >= 0.3 is 0 Å². The SMILES string of the molecule is Cc1ccc(N(CC(=O)NC(C(C)C)C(C)C)S(=O)(=O)c2ccc(F)cc2)cc1. The lowest BCUT2D eigenvalue weighted by Crippen LogP contribution is -2.47. The Kier molecular flexibility index (Phi) is 7.41. The predicted octanol–water partition coefficient (Wildman–Crippen LogP) is 4.13. The van der Waals surface area contributed by atoms with Crippen molar-refractivity contribution < 1.29 is 17.6 Å². The zero-order valence-electron chi connectivity index (χ0n) is 17.5. The molecule has 0 saturated heterocycles. The highest BCUT2D eigenvalue weighted by atomic mass is 32.2. The zero-order chi connectivity index (χ0) is 21.8. The number of anilines is 1. The van der Waals surface area contributed by atoms with Gasteiger partial charge < -0.3 is 5.32 Å². The molecular formula is C22H29FN2O3S. The third-order valence-corrected chi connectivity index (χ3v) is 6.56. The summed E-state index contributed by atoms with van der Waals surface area (Å²) in [7, 11) is -4.05. The van der Waals surface area contributed by atoms with E-state index in [1.54, 1.807) is 24.3 Å². The van der Waals surface area contributed by atoms with Crippen LogP contribution in [0.1, 0.15) is 33.3 Å². The second-order valence-corrected chi connectivity index (χ2v) is 9.74. The van der Waals surface area contributed by atoms with Crippen LogP contribution in [0, 0.1) is 24.6 Å². The highest BCUT2D eigenvalue weighted by Crippen LogP contribution is 2.24.